The lowest BCUT2D eigenvalue weighted by atomic mass is 10.1. The summed E-state index contributed by atoms with van der Waals surface area (Å²) in [5.74, 6) is -2.28. The van der Waals surface area contributed by atoms with E-state index in [4.69, 9.17) is 10.4 Å². The highest BCUT2D eigenvalue weighted by molar-refractivity contribution is 9.10. The summed E-state index contributed by atoms with van der Waals surface area (Å²) in [6, 6.07) is 3.28. The molecule has 0 bridgehead atoms. The van der Waals surface area contributed by atoms with Crippen LogP contribution in [0.15, 0.2) is 10.5 Å². The van der Waals surface area contributed by atoms with Crippen LogP contribution in [-0.4, -0.2) is 10.2 Å². The first-order valence-electron chi connectivity index (χ1n) is 3.83. The summed E-state index contributed by atoms with van der Waals surface area (Å²) in [6.07, 6.45) is 0.433. The Morgan fingerprint density at radius 1 is 1.43 bits per heavy atom. The molecule has 1 rings (SSSR count). The largest absolute Gasteiger partial charge is 0.505 e. The summed E-state index contributed by atoms with van der Waals surface area (Å²) in [4.78, 5) is 0. The number of rotatable bonds is 2. The lowest BCUT2D eigenvalue weighted by Gasteiger charge is -2.06. The summed E-state index contributed by atoms with van der Waals surface area (Å²) in [5, 5.41) is 26.7. The van der Waals surface area contributed by atoms with Crippen molar-refractivity contribution in [3.63, 3.8) is 0 Å². The van der Waals surface area contributed by atoms with Gasteiger partial charge in [-0.2, -0.15) is 9.65 Å². The van der Waals surface area contributed by atoms with Crippen LogP contribution in [0.25, 0.3) is 0 Å². The molecule has 0 aliphatic carbocycles. The fourth-order valence-corrected chi connectivity index (χ4v) is 1.48. The van der Waals surface area contributed by atoms with Gasteiger partial charge in [-0.3, -0.25) is 0 Å². The summed E-state index contributed by atoms with van der Waals surface area (Å²) in [7, 11) is 0. The van der Waals surface area contributed by atoms with Gasteiger partial charge in [-0.05, 0) is 34.0 Å². The standard InChI is InChI=1S/C9H7BrFNO2/c10-6-4-5(2-1-3-12)8(13)7(11)9(6)14/h4,13-14H,1-2H2. The van der Waals surface area contributed by atoms with Gasteiger partial charge in [0, 0.05) is 6.42 Å². The van der Waals surface area contributed by atoms with Gasteiger partial charge in [0.2, 0.25) is 5.82 Å². The number of aromatic hydroxyl groups is 2. The number of phenols is 2. The van der Waals surface area contributed by atoms with E-state index in [-0.39, 0.29) is 17.3 Å². The summed E-state index contributed by atoms with van der Waals surface area (Å²) in [6.45, 7) is 0. The van der Waals surface area contributed by atoms with E-state index in [9.17, 15) is 9.50 Å². The number of nitriles is 1. The van der Waals surface area contributed by atoms with Crippen molar-refractivity contribution in [2.45, 2.75) is 12.8 Å². The summed E-state index contributed by atoms with van der Waals surface area (Å²) >= 11 is 2.94. The Labute approximate surface area is 88.5 Å². The fraction of sp³-hybridized carbons (Fsp3) is 0.222. The van der Waals surface area contributed by atoms with Crippen LogP contribution in [0.5, 0.6) is 11.5 Å². The molecule has 0 saturated heterocycles. The normalized spacial score (nSPS) is 9.79. The maximum Gasteiger partial charge on any atom is 0.207 e. The van der Waals surface area contributed by atoms with Gasteiger partial charge in [-0.15, -0.1) is 0 Å². The Hall–Kier alpha value is -1.28. The highest BCUT2D eigenvalue weighted by Gasteiger charge is 2.15. The third-order valence-corrected chi connectivity index (χ3v) is 2.36. The van der Waals surface area contributed by atoms with Crippen molar-refractivity contribution < 1.29 is 14.6 Å². The molecule has 0 atom stereocenters. The van der Waals surface area contributed by atoms with Gasteiger partial charge in [-0.1, -0.05) is 0 Å². The average molecular weight is 260 g/mol. The second kappa shape index (κ2) is 4.29. The predicted octanol–water partition coefficient (Wildman–Crippen LogP) is 2.46. The maximum absolute atomic E-state index is 13.1. The molecule has 0 fully saturated rings. The van der Waals surface area contributed by atoms with E-state index in [1.807, 2.05) is 6.07 Å². The molecule has 74 valence electrons. The smallest absolute Gasteiger partial charge is 0.207 e. The van der Waals surface area contributed by atoms with Crippen LogP contribution in [0.3, 0.4) is 0 Å². The Morgan fingerprint density at radius 3 is 2.64 bits per heavy atom. The zero-order valence-electron chi connectivity index (χ0n) is 7.09. The molecule has 0 aliphatic rings. The van der Waals surface area contributed by atoms with E-state index < -0.39 is 17.3 Å². The van der Waals surface area contributed by atoms with Crippen molar-refractivity contribution in [2.75, 3.05) is 0 Å². The van der Waals surface area contributed by atoms with Crippen LogP contribution in [0.1, 0.15) is 12.0 Å². The number of hydrogen-bond donors (Lipinski definition) is 2. The van der Waals surface area contributed by atoms with Crippen LogP contribution in [0, 0.1) is 17.1 Å². The quantitative estimate of drug-likeness (QED) is 0.858. The molecule has 0 heterocycles. The maximum atomic E-state index is 13.1. The second-order valence-electron chi connectivity index (χ2n) is 2.69. The molecule has 0 saturated carbocycles. The van der Waals surface area contributed by atoms with Crippen LogP contribution >= 0.6 is 15.9 Å². The van der Waals surface area contributed by atoms with Gasteiger partial charge in [0.15, 0.2) is 11.5 Å². The molecular weight excluding hydrogens is 253 g/mol. The van der Waals surface area contributed by atoms with Gasteiger partial charge >= 0.3 is 0 Å². The minimum Gasteiger partial charge on any atom is -0.505 e. The number of nitrogens with zero attached hydrogens (tertiary/aromatic N) is 1. The molecule has 0 amide bonds. The van der Waals surface area contributed by atoms with Gasteiger partial charge in [0.05, 0.1) is 10.5 Å². The molecule has 1 aromatic rings. The van der Waals surface area contributed by atoms with E-state index in [0.29, 0.717) is 5.56 Å². The lowest BCUT2D eigenvalue weighted by Crippen LogP contribution is -1.90. The topological polar surface area (TPSA) is 64.2 Å². The number of aryl methyl sites for hydroxylation is 1. The first-order chi connectivity index (χ1) is 6.57. The van der Waals surface area contributed by atoms with E-state index in [0.717, 1.165) is 0 Å². The minimum atomic E-state index is -1.06. The monoisotopic (exact) mass is 259 g/mol. The highest BCUT2D eigenvalue weighted by Crippen LogP contribution is 2.36. The molecule has 2 N–H and O–H groups in total. The van der Waals surface area contributed by atoms with Gasteiger partial charge in [-0.25, -0.2) is 0 Å². The van der Waals surface area contributed by atoms with E-state index in [1.54, 1.807) is 0 Å². The van der Waals surface area contributed by atoms with E-state index >= 15 is 0 Å². The molecule has 0 aromatic heterocycles. The number of benzene rings is 1. The first-order valence-corrected chi connectivity index (χ1v) is 4.63. The Morgan fingerprint density at radius 2 is 2.07 bits per heavy atom. The SMILES string of the molecule is N#CCCc1cc(Br)c(O)c(F)c1O. The van der Waals surface area contributed by atoms with Crippen LogP contribution in [-0.2, 0) is 6.42 Å². The van der Waals surface area contributed by atoms with Crippen molar-refractivity contribution in [1.29, 1.82) is 5.26 Å². The van der Waals surface area contributed by atoms with Crippen LogP contribution < -0.4 is 0 Å². The molecule has 1 aromatic carbocycles. The highest BCUT2D eigenvalue weighted by atomic mass is 79.9. The average Bonchev–Trinajstić information content (AvgIpc) is 2.18. The molecular formula is C9H7BrFNO2. The van der Waals surface area contributed by atoms with Gasteiger partial charge in [0.1, 0.15) is 0 Å². The third-order valence-electron chi connectivity index (χ3n) is 1.75. The van der Waals surface area contributed by atoms with E-state index in [1.165, 1.54) is 6.07 Å². The second-order valence-corrected chi connectivity index (χ2v) is 3.54. The molecule has 0 spiro atoms. The molecule has 0 aliphatic heterocycles. The summed E-state index contributed by atoms with van der Waals surface area (Å²) < 4.78 is 13.2. The fourth-order valence-electron chi connectivity index (χ4n) is 1.03. The predicted molar refractivity (Wildman–Crippen MR) is 51.4 cm³/mol. The van der Waals surface area contributed by atoms with Gasteiger partial charge < -0.3 is 10.2 Å². The minimum absolute atomic E-state index is 0.167. The molecule has 14 heavy (non-hydrogen) atoms. The van der Waals surface area contributed by atoms with E-state index in [2.05, 4.69) is 15.9 Å². The van der Waals surface area contributed by atoms with Gasteiger partial charge in [0.25, 0.3) is 0 Å². The molecule has 3 nitrogen and oxygen atoms in total. The number of halogens is 2. The van der Waals surface area contributed by atoms with Crippen molar-refractivity contribution >= 4 is 15.9 Å². The molecule has 5 heteroatoms. The Bertz CT molecular complexity index is 401. The van der Waals surface area contributed by atoms with Crippen molar-refractivity contribution in [2.24, 2.45) is 0 Å². The first kappa shape index (κ1) is 10.8. The number of hydrogen-bond acceptors (Lipinski definition) is 3. The van der Waals surface area contributed by atoms with Crippen molar-refractivity contribution in [3.05, 3.63) is 21.9 Å². The Balaban J connectivity index is 3.14. The lowest BCUT2D eigenvalue weighted by molar-refractivity contribution is 0.383. The van der Waals surface area contributed by atoms with Crippen molar-refractivity contribution in [3.8, 4) is 17.6 Å². The Kier molecular flexibility index (Phi) is 3.31. The van der Waals surface area contributed by atoms with Crippen LogP contribution in [0.2, 0.25) is 0 Å². The van der Waals surface area contributed by atoms with Crippen molar-refractivity contribution in [1.82, 2.24) is 0 Å². The third kappa shape index (κ3) is 1.96. The molecule has 0 unspecified atom stereocenters. The number of phenolic OH excluding ortho intramolecular Hbond substituents is 2. The summed E-state index contributed by atoms with van der Waals surface area (Å²) in [5.41, 5.74) is 0.300. The van der Waals surface area contributed by atoms with Crippen LogP contribution in [0.4, 0.5) is 4.39 Å². The zero-order chi connectivity index (χ0) is 10.7. The zero-order valence-corrected chi connectivity index (χ0v) is 8.68. The molecule has 0 radical (unpaired) electrons.